The predicted octanol–water partition coefficient (Wildman–Crippen LogP) is 4.14. The SMILES string of the molecule is CC(CC(=O)C1(C(=O)C[C@@H](CCCNC(N)=O)C(=O)Nc2ccc(CO)cc2)CCC1)c1ccsc1. The van der Waals surface area contributed by atoms with Crippen molar-refractivity contribution in [3.63, 3.8) is 0 Å². The molecule has 1 unspecified atom stereocenters. The first kappa shape index (κ1) is 27.5. The van der Waals surface area contributed by atoms with Gasteiger partial charge < -0.3 is 21.5 Å². The molecular weight excluding hydrogens is 478 g/mol. The minimum atomic E-state index is -1.00. The first-order valence-electron chi connectivity index (χ1n) is 12.4. The van der Waals surface area contributed by atoms with Gasteiger partial charge in [-0.05, 0) is 71.7 Å². The summed E-state index contributed by atoms with van der Waals surface area (Å²) in [7, 11) is 0. The Hall–Kier alpha value is -3.04. The van der Waals surface area contributed by atoms with Crippen molar-refractivity contribution >= 4 is 40.5 Å². The van der Waals surface area contributed by atoms with E-state index in [9.17, 15) is 24.3 Å². The lowest BCUT2D eigenvalue weighted by atomic mass is 9.60. The Morgan fingerprint density at radius 2 is 1.78 bits per heavy atom. The van der Waals surface area contributed by atoms with Crippen molar-refractivity contribution in [2.75, 3.05) is 11.9 Å². The lowest BCUT2D eigenvalue weighted by Crippen LogP contribution is -2.47. The van der Waals surface area contributed by atoms with Crippen molar-refractivity contribution in [2.24, 2.45) is 17.1 Å². The molecule has 3 amide bonds. The highest BCUT2D eigenvalue weighted by Gasteiger charge is 2.50. The number of thiophene rings is 1. The Labute approximate surface area is 215 Å². The average Bonchev–Trinajstić information content (AvgIpc) is 3.36. The third kappa shape index (κ3) is 7.01. The topological polar surface area (TPSA) is 139 Å². The standard InChI is InChI=1S/C27H35N3O5S/c1-18(21-9-13-36-17-21)14-23(32)27(10-3-11-27)24(33)15-20(4-2-12-29-26(28)35)25(34)30-22-7-5-19(16-31)6-8-22/h5-9,13,17-18,20,31H,2-4,10-12,14-16H2,1H3,(H,30,34)(H3,28,29,35)/t18?,20-/m1/s1. The fourth-order valence-corrected chi connectivity index (χ4v) is 5.42. The summed E-state index contributed by atoms with van der Waals surface area (Å²) in [4.78, 5) is 51.0. The van der Waals surface area contributed by atoms with Gasteiger partial charge in [-0.15, -0.1) is 0 Å². The van der Waals surface area contributed by atoms with Crippen LogP contribution in [-0.4, -0.2) is 35.2 Å². The van der Waals surface area contributed by atoms with E-state index < -0.39 is 17.4 Å². The minimum Gasteiger partial charge on any atom is -0.392 e. The molecule has 1 aliphatic carbocycles. The zero-order chi connectivity index (χ0) is 26.1. The summed E-state index contributed by atoms with van der Waals surface area (Å²) in [6.45, 7) is 2.20. The molecule has 1 aromatic heterocycles. The first-order chi connectivity index (χ1) is 17.2. The maximum atomic E-state index is 13.5. The van der Waals surface area contributed by atoms with Crippen molar-refractivity contribution in [1.82, 2.24) is 5.32 Å². The summed E-state index contributed by atoms with van der Waals surface area (Å²) in [6.07, 6.45) is 2.98. The van der Waals surface area contributed by atoms with Crippen LogP contribution in [-0.2, 0) is 21.0 Å². The number of benzene rings is 1. The number of hydrogen-bond acceptors (Lipinski definition) is 6. The smallest absolute Gasteiger partial charge is 0.312 e. The number of urea groups is 1. The zero-order valence-electron chi connectivity index (χ0n) is 20.6. The molecule has 0 spiro atoms. The molecule has 3 rings (SSSR count). The Balaban J connectivity index is 1.69. The number of aliphatic hydroxyl groups is 1. The third-order valence-electron chi connectivity index (χ3n) is 7.11. The van der Waals surface area contributed by atoms with E-state index in [-0.39, 0.29) is 36.4 Å². The zero-order valence-corrected chi connectivity index (χ0v) is 21.4. The number of primary amides is 1. The van der Waals surface area contributed by atoms with Crippen molar-refractivity contribution in [1.29, 1.82) is 0 Å². The number of aliphatic hydroxyl groups excluding tert-OH is 1. The maximum absolute atomic E-state index is 13.5. The number of carbonyl (C=O) groups excluding carboxylic acids is 4. The number of rotatable bonds is 14. The van der Waals surface area contributed by atoms with Gasteiger partial charge in [-0.25, -0.2) is 4.79 Å². The number of carbonyl (C=O) groups is 4. The summed E-state index contributed by atoms with van der Waals surface area (Å²) in [5.74, 6) is -1.13. The molecule has 36 heavy (non-hydrogen) atoms. The van der Waals surface area contributed by atoms with E-state index in [1.165, 1.54) is 0 Å². The summed E-state index contributed by atoms with van der Waals surface area (Å²) in [6, 6.07) is 8.17. The fraction of sp³-hybridized carbons (Fsp3) is 0.481. The van der Waals surface area contributed by atoms with Crippen LogP contribution in [0.25, 0.3) is 0 Å². The number of hydrogen-bond donors (Lipinski definition) is 4. The number of ketones is 2. The van der Waals surface area contributed by atoms with Crippen molar-refractivity contribution < 1.29 is 24.3 Å². The summed E-state index contributed by atoms with van der Waals surface area (Å²) >= 11 is 1.58. The molecule has 2 aromatic rings. The Bertz CT molecular complexity index is 1050. The van der Waals surface area contributed by atoms with E-state index >= 15 is 0 Å². The molecule has 194 valence electrons. The quantitative estimate of drug-likeness (QED) is 0.222. The van der Waals surface area contributed by atoms with E-state index in [0.717, 1.165) is 17.5 Å². The number of Topliss-reactive ketones (excluding diaryl/α,β-unsaturated/α-hetero) is 2. The average molecular weight is 514 g/mol. The van der Waals surface area contributed by atoms with Gasteiger partial charge in [0.05, 0.1) is 12.0 Å². The van der Waals surface area contributed by atoms with E-state index in [1.54, 1.807) is 35.6 Å². The second-order valence-electron chi connectivity index (χ2n) is 9.62. The minimum absolute atomic E-state index is 0.0320. The van der Waals surface area contributed by atoms with E-state index in [1.807, 2.05) is 23.8 Å². The van der Waals surface area contributed by atoms with Crippen LogP contribution in [0, 0.1) is 11.3 Å². The molecule has 1 heterocycles. The van der Waals surface area contributed by atoms with Crippen LogP contribution >= 0.6 is 11.3 Å². The molecule has 8 nitrogen and oxygen atoms in total. The van der Waals surface area contributed by atoms with E-state index in [2.05, 4.69) is 10.6 Å². The molecule has 0 bridgehead atoms. The van der Waals surface area contributed by atoms with E-state index in [0.29, 0.717) is 44.3 Å². The molecule has 5 N–H and O–H groups in total. The molecule has 1 aliphatic rings. The molecule has 0 aliphatic heterocycles. The van der Waals surface area contributed by atoms with Gasteiger partial charge in [0.15, 0.2) is 0 Å². The normalized spacial score (nSPS) is 15.8. The van der Waals surface area contributed by atoms with Crippen LogP contribution in [0.1, 0.15) is 68.9 Å². The van der Waals surface area contributed by atoms with Crippen molar-refractivity contribution in [3.8, 4) is 0 Å². The molecule has 2 atom stereocenters. The molecule has 0 saturated heterocycles. The van der Waals surface area contributed by atoms with Gasteiger partial charge >= 0.3 is 6.03 Å². The highest BCUT2D eigenvalue weighted by molar-refractivity contribution is 7.08. The lowest BCUT2D eigenvalue weighted by Gasteiger charge is -2.40. The van der Waals surface area contributed by atoms with E-state index in [4.69, 9.17) is 5.73 Å². The highest BCUT2D eigenvalue weighted by atomic mass is 32.1. The summed E-state index contributed by atoms with van der Waals surface area (Å²) < 4.78 is 0. The van der Waals surface area contributed by atoms with Gasteiger partial charge in [0.1, 0.15) is 11.6 Å². The van der Waals surface area contributed by atoms with Crippen LogP contribution in [0.5, 0.6) is 0 Å². The Kier molecular flexibility index (Phi) is 9.78. The molecule has 9 heteroatoms. The number of nitrogens with two attached hydrogens (primary N) is 1. The van der Waals surface area contributed by atoms with Gasteiger partial charge in [-0.3, -0.25) is 14.4 Å². The second kappa shape index (κ2) is 12.8. The molecule has 1 saturated carbocycles. The van der Waals surface area contributed by atoms with Crippen LogP contribution in [0.15, 0.2) is 41.1 Å². The second-order valence-corrected chi connectivity index (χ2v) is 10.4. The number of amides is 3. The van der Waals surface area contributed by atoms with Crippen LogP contribution < -0.4 is 16.4 Å². The summed E-state index contributed by atoms with van der Waals surface area (Å²) in [5.41, 5.74) is 6.51. The summed E-state index contributed by atoms with van der Waals surface area (Å²) in [5, 5.41) is 18.6. The van der Waals surface area contributed by atoms with Crippen LogP contribution in [0.2, 0.25) is 0 Å². The van der Waals surface area contributed by atoms with Crippen LogP contribution in [0.3, 0.4) is 0 Å². The van der Waals surface area contributed by atoms with Crippen molar-refractivity contribution in [3.05, 3.63) is 52.2 Å². The fourth-order valence-electron chi connectivity index (χ4n) is 4.63. The molecule has 1 aromatic carbocycles. The maximum Gasteiger partial charge on any atom is 0.312 e. The molecule has 1 fully saturated rings. The largest absolute Gasteiger partial charge is 0.392 e. The van der Waals surface area contributed by atoms with Gasteiger partial charge in [0.25, 0.3) is 0 Å². The monoisotopic (exact) mass is 513 g/mol. The van der Waals surface area contributed by atoms with Gasteiger partial charge in [-0.2, -0.15) is 11.3 Å². The number of anilines is 1. The van der Waals surface area contributed by atoms with Crippen LogP contribution in [0.4, 0.5) is 10.5 Å². The Morgan fingerprint density at radius 1 is 1.08 bits per heavy atom. The Morgan fingerprint density at radius 3 is 2.33 bits per heavy atom. The molecule has 0 radical (unpaired) electrons. The van der Waals surface area contributed by atoms with Gasteiger partial charge in [0.2, 0.25) is 5.91 Å². The lowest BCUT2D eigenvalue weighted by molar-refractivity contribution is -0.148. The van der Waals surface area contributed by atoms with Gasteiger partial charge in [-0.1, -0.05) is 25.5 Å². The molecular formula is C27H35N3O5S. The first-order valence-corrected chi connectivity index (χ1v) is 13.3. The highest BCUT2D eigenvalue weighted by Crippen LogP contribution is 2.46. The van der Waals surface area contributed by atoms with Crippen molar-refractivity contribution in [2.45, 2.75) is 64.4 Å². The third-order valence-corrected chi connectivity index (χ3v) is 7.82. The van der Waals surface area contributed by atoms with Gasteiger partial charge in [0, 0.05) is 31.0 Å². The predicted molar refractivity (Wildman–Crippen MR) is 140 cm³/mol. The number of nitrogens with one attached hydrogen (secondary N) is 2.